The molecule has 1 unspecified atom stereocenters. The highest BCUT2D eigenvalue weighted by Gasteiger charge is 2.32. The van der Waals surface area contributed by atoms with E-state index in [9.17, 15) is 33.6 Å². The molecule has 0 saturated heterocycles. The number of methoxy groups -OCH3 is 1. The summed E-state index contributed by atoms with van der Waals surface area (Å²) < 4.78 is 16.0. The lowest BCUT2D eigenvalue weighted by molar-refractivity contribution is -0.151. The molecule has 0 aromatic carbocycles. The Hall–Kier alpha value is -5.91. The van der Waals surface area contributed by atoms with E-state index >= 15 is 0 Å². The van der Waals surface area contributed by atoms with Crippen molar-refractivity contribution in [2.24, 2.45) is 11.3 Å². The standard InChI is InChI=1S/C44H61N5O10/c1-8-9-18-33(58-43(56)47-28-16-27-45-36(50)20-11-10-14-29-49-38(52)24-25-39(49)53)19-15-26-46-41(54)40(44(4,5)6)48-37(51)21-13-12-17-31(2)30-32(3)34-22-23-35(57-7)42(55)59-34/h12-13,15,17,21,23-26,30,32-34,40H,10-11,14,16,18-20,22,27-29H2,1-7H3,(H,45,50)(H,46,54)(H,47,56)(H,48,51)/b17-12-,21-13-,26-15-,31-30+/t32-,33-,34-,40?/m0/s1. The van der Waals surface area contributed by atoms with Crippen molar-refractivity contribution in [3.05, 3.63) is 72.2 Å². The number of imide groups is 1. The van der Waals surface area contributed by atoms with Gasteiger partial charge in [0.2, 0.25) is 17.7 Å². The average molecular weight is 820 g/mol. The molecule has 15 heteroatoms. The second-order valence-corrected chi connectivity index (χ2v) is 15.2. The van der Waals surface area contributed by atoms with Gasteiger partial charge in [0.25, 0.3) is 11.8 Å². The zero-order chi connectivity index (χ0) is 43.8. The normalized spacial score (nSPS) is 17.2. The van der Waals surface area contributed by atoms with Crippen LogP contribution in [0, 0.1) is 23.2 Å². The van der Waals surface area contributed by atoms with Gasteiger partial charge in [-0.25, -0.2) is 9.59 Å². The van der Waals surface area contributed by atoms with Gasteiger partial charge in [-0.1, -0.05) is 76.0 Å². The molecule has 0 saturated carbocycles. The molecule has 2 aliphatic heterocycles. The largest absolute Gasteiger partial charge is 0.490 e. The fraction of sp³-hybridized carbons (Fsp3) is 0.523. The molecule has 0 fully saturated rings. The second kappa shape index (κ2) is 26.2. The Balaban J connectivity index is 1.73. The summed E-state index contributed by atoms with van der Waals surface area (Å²) in [7, 11) is 1.43. The number of ether oxygens (including phenoxy) is 3. The number of hydrogen-bond acceptors (Lipinski definition) is 10. The Bertz CT molecular complexity index is 1720. The quantitative estimate of drug-likeness (QED) is 0.0283. The lowest BCUT2D eigenvalue weighted by Crippen LogP contribution is -2.52. The minimum absolute atomic E-state index is 0.0403. The van der Waals surface area contributed by atoms with Crippen molar-refractivity contribution in [3.8, 4) is 11.8 Å². The van der Waals surface area contributed by atoms with E-state index in [2.05, 4.69) is 33.1 Å². The van der Waals surface area contributed by atoms with E-state index in [4.69, 9.17) is 14.2 Å². The Morgan fingerprint density at radius 3 is 2.36 bits per heavy atom. The monoisotopic (exact) mass is 819 g/mol. The highest BCUT2D eigenvalue weighted by Crippen LogP contribution is 2.23. The Morgan fingerprint density at radius 1 is 1.00 bits per heavy atom. The van der Waals surface area contributed by atoms with Gasteiger partial charge in [-0.05, 0) is 50.8 Å². The van der Waals surface area contributed by atoms with E-state index in [0.29, 0.717) is 51.6 Å². The third kappa shape index (κ3) is 19.4. The number of esters is 1. The summed E-state index contributed by atoms with van der Waals surface area (Å²) in [4.78, 5) is 86.8. The van der Waals surface area contributed by atoms with Gasteiger partial charge >= 0.3 is 12.1 Å². The number of nitrogens with zero attached hydrogens (tertiary/aromatic N) is 1. The summed E-state index contributed by atoms with van der Waals surface area (Å²) >= 11 is 0. The smallest absolute Gasteiger partial charge is 0.407 e. The Labute approximate surface area is 348 Å². The van der Waals surface area contributed by atoms with Crippen LogP contribution >= 0.6 is 0 Å². The number of unbranched alkanes of at least 4 members (excludes halogenated alkanes) is 2. The number of alkyl carbamates (subject to hydrolysis) is 1. The molecule has 4 atom stereocenters. The van der Waals surface area contributed by atoms with Crippen LogP contribution in [-0.4, -0.2) is 91.5 Å². The lowest BCUT2D eigenvalue weighted by atomic mass is 9.86. The lowest BCUT2D eigenvalue weighted by Gasteiger charge is -2.29. The van der Waals surface area contributed by atoms with Gasteiger partial charge in [-0.2, -0.15) is 0 Å². The zero-order valence-electron chi connectivity index (χ0n) is 35.4. The first-order chi connectivity index (χ1) is 28.0. The maximum Gasteiger partial charge on any atom is 0.407 e. The molecule has 0 aromatic rings. The fourth-order valence-electron chi connectivity index (χ4n) is 5.84. The maximum absolute atomic E-state index is 13.2. The first kappa shape index (κ1) is 49.2. The molecule has 4 N–H and O–H groups in total. The minimum Gasteiger partial charge on any atom is -0.490 e. The Kier molecular flexibility index (Phi) is 21.8. The van der Waals surface area contributed by atoms with Gasteiger partial charge in [0, 0.05) is 69.5 Å². The predicted molar refractivity (Wildman–Crippen MR) is 222 cm³/mol. The SMILES string of the molecule is CC#CC[C@@H](C/C=C\NC(=O)C(NC(=O)\C=C/C=C\C(C)=C\[C@H](C)[C@@H]1CC=C(OC)C(=O)O1)C(C)(C)C)OC(=O)NCCCNC(=O)CCCCCN1C(=O)C=CC1=O. The molecular weight excluding hydrogens is 759 g/mol. The van der Waals surface area contributed by atoms with Gasteiger partial charge in [0.1, 0.15) is 18.2 Å². The fourth-order valence-corrected chi connectivity index (χ4v) is 5.84. The topological polar surface area (TPSA) is 199 Å². The molecule has 2 rings (SSSR count). The van der Waals surface area contributed by atoms with Crippen molar-refractivity contribution in [2.75, 3.05) is 26.7 Å². The molecule has 322 valence electrons. The summed E-state index contributed by atoms with van der Waals surface area (Å²) in [5, 5.41) is 11.0. The molecule has 2 aliphatic rings. The number of carbonyl (C=O) groups excluding carboxylic acids is 7. The molecule has 0 aliphatic carbocycles. The van der Waals surface area contributed by atoms with Crippen LogP contribution in [0.15, 0.2) is 72.2 Å². The molecular formula is C44H61N5O10. The van der Waals surface area contributed by atoms with Crippen molar-refractivity contribution in [1.29, 1.82) is 0 Å². The summed E-state index contributed by atoms with van der Waals surface area (Å²) in [5.74, 6) is 3.78. The van der Waals surface area contributed by atoms with Crippen LogP contribution in [0.4, 0.5) is 4.79 Å². The number of nitrogens with one attached hydrogen (secondary N) is 4. The number of hydrogen-bond donors (Lipinski definition) is 4. The number of cyclic esters (lactones) is 1. The molecule has 0 aromatic heterocycles. The van der Waals surface area contributed by atoms with Crippen LogP contribution in [0.25, 0.3) is 0 Å². The van der Waals surface area contributed by atoms with E-state index in [-0.39, 0.29) is 54.9 Å². The van der Waals surface area contributed by atoms with E-state index in [1.165, 1.54) is 36.4 Å². The third-order valence-corrected chi connectivity index (χ3v) is 9.11. The number of carbonyl (C=O) groups is 7. The zero-order valence-corrected chi connectivity index (χ0v) is 35.4. The summed E-state index contributed by atoms with van der Waals surface area (Å²) in [6.45, 7) is 12.0. The number of allylic oxidation sites excluding steroid dienone is 4. The number of amides is 6. The predicted octanol–water partition coefficient (Wildman–Crippen LogP) is 4.58. The first-order valence-corrected chi connectivity index (χ1v) is 19.9. The van der Waals surface area contributed by atoms with Gasteiger partial charge < -0.3 is 35.5 Å². The van der Waals surface area contributed by atoms with E-state index in [1.807, 2.05) is 46.8 Å². The molecule has 15 nitrogen and oxygen atoms in total. The van der Waals surface area contributed by atoms with Gasteiger partial charge in [-0.3, -0.25) is 28.9 Å². The highest BCUT2D eigenvalue weighted by atomic mass is 16.6. The highest BCUT2D eigenvalue weighted by molar-refractivity contribution is 6.12. The van der Waals surface area contributed by atoms with E-state index in [1.54, 1.807) is 31.2 Å². The van der Waals surface area contributed by atoms with Crippen molar-refractivity contribution in [2.45, 2.75) is 111 Å². The van der Waals surface area contributed by atoms with Gasteiger partial charge in [0.15, 0.2) is 5.76 Å². The molecule has 0 spiro atoms. The third-order valence-electron chi connectivity index (χ3n) is 9.11. The maximum atomic E-state index is 13.2. The van der Waals surface area contributed by atoms with Crippen molar-refractivity contribution in [3.63, 3.8) is 0 Å². The van der Waals surface area contributed by atoms with Crippen molar-refractivity contribution >= 4 is 41.6 Å². The molecule has 59 heavy (non-hydrogen) atoms. The average Bonchev–Trinajstić information content (AvgIpc) is 3.50. The first-order valence-electron chi connectivity index (χ1n) is 19.9. The van der Waals surface area contributed by atoms with Crippen molar-refractivity contribution in [1.82, 2.24) is 26.2 Å². The Morgan fingerprint density at radius 2 is 1.69 bits per heavy atom. The minimum atomic E-state index is -0.862. The van der Waals surface area contributed by atoms with Crippen LogP contribution in [-0.2, 0) is 43.0 Å². The molecule has 0 bridgehead atoms. The van der Waals surface area contributed by atoms with Crippen LogP contribution in [0.1, 0.15) is 92.9 Å². The summed E-state index contributed by atoms with van der Waals surface area (Å²) in [6.07, 6.45) is 18.1. The molecule has 0 radical (unpaired) electrons. The van der Waals surface area contributed by atoms with Gasteiger partial charge in [0.05, 0.1) is 7.11 Å². The number of rotatable bonds is 23. The summed E-state index contributed by atoms with van der Waals surface area (Å²) in [6, 6.07) is -0.862. The van der Waals surface area contributed by atoms with E-state index in [0.717, 1.165) is 5.57 Å². The van der Waals surface area contributed by atoms with Crippen LogP contribution in [0.3, 0.4) is 0 Å². The van der Waals surface area contributed by atoms with Gasteiger partial charge in [-0.15, -0.1) is 5.92 Å². The van der Waals surface area contributed by atoms with Crippen molar-refractivity contribution < 1.29 is 47.8 Å². The second-order valence-electron chi connectivity index (χ2n) is 15.2. The molecule has 2 heterocycles. The van der Waals surface area contributed by atoms with Crippen LogP contribution < -0.4 is 21.3 Å². The van der Waals surface area contributed by atoms with Crippen LogP contribution in [0.2, 0.25) is 0 Å². The molecule has 6 amide bonds. The van der Waals surface area contributed by atoms with Crippen LogP contribution in [0.5, 0.6) is 0 Å². The summed E-state index contributed by atoms with van der Waals surface area (Å²) in [5.41, 5.74) is 0.302. The van der Waals surface area contributed by atoms with E-state index < -0.39 is 41.4 Å².